The molecule has 0 saturated heterocycles. The van der Waals surface area contributed by atoms with Crippen molar-refractivity contribution in [3.05, 3.63) is 86.6 Å². The number of hydrogen-bond acceptors (Lipinski definition) is 5. The van der Waals surface area contributed by atoms with Gasteiger partial charge in [-0.05, 0) is 36.8 Å². The Balaban J connectivity index is 1.84. The number of nitrogens with one attached hydrogen (secondary N) is 1. The van der Waals surface area contributed by atoms with Crippen LogP contribution in [0.4, 0.5) is 11.4 Å². The Morgan fingerprint density at radius 2 is 2.00 bits per heavy atom. The van der Waals surface area contributed by atoms with E-state index in [0.29, 0.717) is 27.6 Å². The van der Waals surface area contributed by atoms with Crippen molar-refractivity contribution in [3.8, 4) is 17.4 Å². The molecule has 0 aliphatic carbocycles. The minimum Gasteiger partial charge on any atom is -0.457 e. The maximum Gasteiger partial charge on any atom is 0.270 e. The van der Waals surface area contributed by atoms with Crippen LogP contribution < -0.4 is 5.32 Å². The number of nitro benzene ring substituents is 1. The highest BCUT2D eigenvalue weighted by atomic mass is 35.5. The topological polar surface area (TPSA) is 109 Å². The van der Waals surface area contributed by atoms with Crippen LogP contribution in [0.1, 0.15) is 11.3 Å². The summed E-state index contributed by atoms with van der Waals surface area (Å²) < 4.78 is 5.63. The number of furan rings is 1. The Morgan fingerprint density at radius 3 is 2.72 bits per heavy atom. The summed E-state index contributed by atoms with van der Waals surface area (Å²) in [7, 11) is 0. The minimum atomic E-state index is -0.605. The predicted octanol–water partition coefficient (Wildman–Crippen LogP) is 5.36. The smallest absolute Gasteiger partial charge is 0.270 e. The summed E-state index contributed by atoms with van der Waals surface area (Å²) in [5.74, 6) is 0.0375. The number of anilines is 1. The number of nitrogens with zero attached hydrogens (tertiary/aromatic N) is 2. The van der Waals surface area contributed by atoms with Gasteiger partial charge < -0.3 is 9.73 Å². The fraction of sp³-hybridized carbons (Fsp3) is 0.0476. The number of carbonyl (C=O) groups is 1. The van der Waals surface area contributed by atoms with Crippen molar-refractivity contribution in [3.63, 3.8) is 0 Å². The molecule has 1 N–H and O–H groups in total. The minimum absolute atomic E-state index is 0.0648. The summed E-state index contributed by atoms with van der Waals surface area (Å²) in [5, 5.41) is 23.4. The maximum absolute atomic E-state index is 12.4. The van der Waals surface area contributed by atoms with E-state index in [1.165, 1.54) is 18.2 Å². The van der Waals surface area contributed by atoms with Gasteiger partial charge in [0.2, 0.25) is 0 Å². The van der Waals surface area contributed by atoms with Gasteiger partial charge in [0.1, 0.15) is 23.2 Å². The third-order valence-corrected chi connectivity index (χ3v) is 4.55. The van der Waals surface area contributed by atoms with Crippen molar-refractivity contribution < 1.29 is 14.1 Å². The lowest BCUT2D eigenvalue weighted by molar-refractivity contribution is -0.384. The molecule has 8 heteroatoms. The van der Waals surface area contributed by atoms with Crippen molar-refractivity contribution in [2.24, 2.45) is 0 Å². The molecule has 0 saturated carbocycles. The van der Waals surface area contributed by atoms with Gasteiger partial charge in [-0.3, -0.25) is 14.9 Å². The van der Waals surface area contributed by atoms with E-state index in [9.17, 15) is 20.2 Å². The summed E-state index contributed by atoms with van der Waals surface area (Å²) in [4.78, 5) is 22.9. The number of benzene rings is 2. The molecule has 0 radical (unpaired) electrons. The second-order valence-electron chi connectivity index (χ2n) is 6.05. The Bertz CT molecular complexity index is 1170. The lowest BCUT2D eigenvalue weighted by atomic mass is 10.1. The summed E-state index contributed by atoms with van der Waals surface area (Å²) in [6.45, 7) is 1.76. The molecule has 29 heavy (non-hydrogen) atoms. The maximum atomic E-state index is 12.4. The zero-order valence-electron chi connectivity index (χ0n) is 15.2. The van der Waals surface area contributed by atoms with Crippen LogP contribution in [0.2, 0.25) is 5.02 Å². The molecule has 0 fully saturated rings. The van der Waals surface area contributed by atoms with Gasteiger partial charge in [0.15, 0.2) is 0 Å². The summed E-state index contributed by atoms with van der Waals surface area (Å²) in [6.07, 6.45) is 1.30. The highest BCUT2D eigenvalue weighted by Gasteiger charge is 2.14. The van der Waals surface area contributed by atoms with E-state index >= 15 is 0 Å². The van der Waals surface area contributed by atoms with E-state index in [1.54, 1.807) is 49.4 Å². The third-order valence-electron chi connectivity index (χ3n) is 4.14. The Kier molecular flexibility index (Phi) is 5.77. The van der Waals surface area contributed by atoms with Crippen LogP contribution in [0.25, 0.3) is 17.4 Å². The van der Waals surface area contributed by atoms with Crippen LogP contribution in [-0.2, 0) is 4.79 Å². The number of hydrogen-bond donors (Lipinski definition) is 1. The first-order valence-corrected chi connectivity index (χ1v) is 8.80. The molecule has 1 heterocycles. The van der Waals surface area contributed by atoms with Gasteiger partial charge in [-0.15, -0.1) is 0 Å². The van der Waals surface area contributed by atoms with Crippen LogP contribution in [0.5, 0.6) is 0 Å². The van der Waals surface area contributed by atoms with Gasteiger partial charge in [-0.2, -0.15) is 5.26 Å². The number of amides is 1. The molecule has 0 atom stereocenters. The van der Waals surface area contributed by atoms with E-state index in [-0.39, 0.29) is 17.0 Å². The second-order valence-corrected chi connectivity index (χ2v) is 6.45. The number of carbonyl (C=O) groups excluding carboxylic acids is 1. The quantitative estimate of drug-likeness (QED) is 0.265. The number of nitriles is 1. The molecule has 2 aromatic carbocycles. The van der Waals surface area contributed by atoms with E-state index in [0.717, 1.165) is 0 Å². The molecular formula is C21H14ClN3O4. The fourth-order valence-electron chi connectivity index (χ4n) is 2.58. The molecule has 3 rings (SSSR count). The summed E-state index contributed by atoms with van der Waals surface area (Å²) in [6, 6.07) is 16.1. The fourth-order valence-corrected chi connectivity index (χ4v) is 2.76. The number of rotatable bonds is 5. The molecule has 144 valence electrons. The molecule has 7 nitrogen and oxygen atoms in total. The zero-order valence-corrected chi connectivity index (χ0v) is 15.9. The van der Waals surface area contributed by atoms with Crippen molar-refractivity contribution >= 4 is 35.0 Å². The van der Waals surface area contributed by atoms with Crippen molar-refractivity contribution in [2.75, 3.05) is 5.32 Å². The van der Waals surface area contributed by atoms with E-state index in [4.69, 9.17) is 16.0 Å². The van der Waals surface area contributed by atoms with Crippen molar-refractivity contribution in [2.45, 2.75) is 6.92 Å². The molecule has 0 bridgehead atoms. The first-order valence-electron chi connectivity index (χ1n) is 8.42. The normalized spacial score (nSPS) is 11.0. The standard InChI is InChI=1S/C21H14ClN3O4/c1-13-18(22)6-3-7-19(13)24-21(26)15(12-23)11-17-8-9-20(29-17)14-4-2-5-16(10-14)25(27)28/h2-11H,1H3,(H,24,26)/b15-11+. The molecule has 0 spiro atoms. The highest BCUT2D eigenvalue weighted by Crippen LogP contribution is 2.27. The monoisotopic (exact) mass is 407 g/mol. The van der Waals surface area contributed by atoms with Crippen LogP contribution >= 0.6 is 11.6 Å². The Labute approximate surface area is 171 Å². The predicted molar refractivity (Wildman–Crippen MR) is 109 cm³/mol. The first-order chi connectivity index (χ1) is 13.9. The highest BCUT2D eigenvalue weighted by molar-refractivity contribution is 6.31. The van der Waals surface area contributed by atoms with Gasteiger partial charge in [0.05, 0.1) is 4.92 Å². The van der Waals surface area contributed by atoms with Gasteiger partial charge in [0, 0.05) is 34.5 Å². The zero-order chi connectivity index (χ0) is 21.0. The Hall–Kier alpha value is -3.89. The van der Waals surface area contributed by atoms with Crippen molar-refractivity contribution in [1.82, 2.24) is 0 Å². The average Bonchev–Trinajstić information content (AvgIpc) is 3.18. The summed E-state index contributed by atoms with van der Waals surface area (Å²) >= 11 is 6.04. The molecule has 1 aromatic heterocycles. The van der Waals surface area contributed by atoms with Crippen LogP contribution in [0.3, 0.4) is 0 Å². The van der Waals surface area contributed by atoms with E-state index in [1.807, 2.05) is 6.07 Å². The molecule has 3 aromatic rings. The van der Waals surface area contributed by atoms with Crippen LogP contribution in [-0.4, -0.2) is 10.8 Å². The van der Waals surface area contributed by atoms with Crippen LogP contribution in [0.15, 0.2) is 64.6 Å². The average molecular weight is 408 g/mol. The molecule has 0 aliphatic heterocycles. The summed E-state index contributed by atoms with van der Waals surface area (Å²) in [5.41, 5.74) is 1.47. The lowest BCUT2D eigenvalue weighted by Crippen LogP contribution is -2.14. The molecule has 0 unspecified atom stereocenters. The number of non-ortho nitro benzene ring substituents is 1. The Morgan fingerprint density at radius 1 is 1.24 bits per heavy atom. The van der Waals surface area contributed by atoms with Crippen molar-refractivity contribution in [1.29, 1.82) is 5.26 Å². The van der Waals surface area contributed by atoms with Gasteiger partial charge in [-0.25, -0.2) is 0 Å². The lowest BCUT2D eigenvalue weighted by Gasteiger charge is -2.08. The number of nitro groups is 1. The van der Waals surface area contributed by atoms with Gasteiger partial charge in [-0.1, -0.05) is 29.8 Å². The molecule has 1 amide bonds. The number of halogens is 1. The van der Waals surface area contributed by atoms with Crippen LogP contribution in [0, 0.1) is 28.4 Å². The second kappa shape index (κ2) is 8.42. The van der Waals surface area contributed by atoms with Gasteiger partial charge >= 0.3 is 0 Å². The molecule has 0 aliphatic rings. The van der Waals surface area contributed by atoms with Gasteiger partial charge in [0.25, 0.3) is 11.6 Å². The van der Waals surface area contributed by atoms with E-state index < -0.39 is 10.8 Å². The SMILES string of the molecule is Cc1c(Cl)cccc1NC(=O)/C(C#N)=C/c1ccc(-c2cccc([N+](=O)[O-])c2)o1. The molecular weight excluding hydrogens is 394 g/mol. The van der Waals surface area contributed by atoms with E-state index in [2.05, 4.69) is 5.32 Å². The largest absolute Gasteiger partial charge is 0.457 e. The first kappa shape index (κ1) is 19.9. The third kappa shape index (κ3) is 4.51.